The third kappa shape index (κ3) is 3.13. The van der Waals surface area contributed by atoms with Gasteiger partial charge in [0.05, 0.1) is 17.5 Å². The summed E-state index contributed by atoms with van der Waals surface area (Å²) >= 11 is 0. The highest BCUT2D eigenvalue weighted by Gasteiger charge is 2.26. The summed E-state index contributed by atoms with van der Waals surface area (Å²) in [5, 5.41) is 4.98. The summed E-state index contributed by atoms with van der Waals surface area (Å²) in [4.78, 5) is 35.2. The van der Waals surface area contributed by atoms with Crippen LogP contribution in [0, 0.1) is 0 Å². The quantitative estimate of drug-likeness (QED) is 0.851. The number of imide groups is 1. The van der Waals surface area contributed by atoms with Crippen LogP contribution in [-0.2, 0) is 17.6 Å². The molecule has 116 valence electrons. The summed E-state index contributed by atoms with van der Waals surface area (Å²) in [5.74, 6) is -1.01. The molecule has 3 amide bonds. The minimum absolute atomic E-state index is 0.168. The predicted molar refractivity (Wildman–Crippen MR) is 86.4 cm³/mol. The maximum Gasteiger partial charge on any atom is 0.259 e. The van der Waals surface area contributed by atoms with Gasteiger partial charge in [-0.15, -0.1) is 0 Å². The molecule has 1 heterocycles. The van der Waals surface area contributed by atoms with Crippen molar-refractivity contribution in [2.75, 3.05) is 5.32 Å². The van der Waals surface area contributed by atoms with Crippen molar-refractivity contribution in [1.82, 2.24) is 5.32 Å². The van der Waals surface area contributed by atoms with Gasteiger partial charge in [-0.05, 0) is 35.7 Å². The summed E-state index contributed by atoms with van der Waals surface area (Å²) in [6.07, 6.45) is 1.22. The Bertz CT molecular complexity index is 794. The number of aryl methyl sites for hydroxylation is 1. The maximum atomic E-state index is 12.1. The van der Waals surface area contributed by atoms with Crippen molar-refractivity contribution in [1.29, 1.82) is 0 Å². The first-order valence-electron chi connectivity index (χ1n) is 7.44. The standard InChI is InChI=1S/C18H16N2O3/c1-2-11-3-5-12(6-4-11)9-16(21)19-13-7-8-14-15(10-13)18(23)20-17(14)22/h3-8,10H,2,9H2,1H3,(H,19,21)(H,20,22,23). The van der Waals surface area contributed by atoms with E-state index in [1.54, 1.807) is 12.1 Å². The maximum absolute atomic E-state index is 12.1. The first kappa shape index (κ1) is 15.0. The average Bonchev–Trinajstić information content (AvgIpc) is 2.82. The smallest absolute Gasteiger partial charge is 0.259 e. The van der Waals surface area contributed by atoms with E-state index >= 15 is 0 Å². The Morgan fingerprint density at radius 1 is 0.957 bits per heavy atom. The molecule has 0 saturated carbocycles. The van der Waals surface area contributed by atoms with Gasteiger partial charge in [-0.2, -0.15) is 0 Å². The molecule has 2 N–H and O–H groups in total. The van der Waals surface area contributed by atoms with E-state index in [9.17, 15) is 14.4 Å². The summed E-state index contributed by atoms with van der Waals surface area (Å²) in [6.45, 7) is 2.08. The van der Waals surface area contributed by atoms with Crippen LogP contribution in [0.15, 0.2) is 42.5 Å². The second-order valence-corrected chi connectivity index (χ2v) is 5.44. The highest BCUT2D eigenvalue weighted by molar-refractivity contribution is 6.22. The lowest BCUT2D eigenvalue weighted by molar-refractivity contribution is -0.115. The number of rotatable bonds is 4. The lowest BCUT2D eigenvalue weighted by atomic mass is 10.1. The van der Waals surface area contributed by atoms with Crippen LogP contribution in [0.1, 0.15) is 38.8 Å². The number of fused-ring (bicyclic) bond motifs is 1. The van der Waals surface area contributed by atoms with Crippen molar-refractivity contribution < 1.29 is 14.4 Å². The number of benzene rings is 2. The first-order valence-corrected chi connectivity index (χ1v) is 7.44. The molecular formula is C18H16N2O3. The van der Waals surface area contributed by atoms with Crippen LogP contribution < -0.4 is 10.6 Å². The van der Waals surface area contributed by atoms with Gasteiger partial charge in [0.25, 0.3) is 11.8 Å². The minimum atomic E-state index is -0.434. The number of carbonyl (C=O) groups is 3. The van der Waals surface area contributed by atoms with Crippen LogP contribution in [0.2, 0.25) is 0 Å². The first-order chi connectivity index (χ1) is 11.1. The number of nitrogens with one attached hydrogen (secondary N) is 2. The van der Waals surface area contributed by atoms with Crippen LogP contribution in [0.3, 0.4) is 0 Å². The monoisotopic (exact) mass is 308 g/mol. The molecule has 0 aromatic heterocycles. The summed E-state index contributed by atoms with van der Waals surface area (Å²) in [5.41, 5.74) is 3.28. The highest BCUT2D eigenvalue weighted by atomic mass is 16.2. The molecule has 0 unspecified atom stereocenters. The fraction of sp³-hybridized carbons (Fsp3) is 0.167. The third-order valence-corrected chi connectivity index (χ3v) is 3.82. The third-order valence-electron chi connectivity index (χ3n) is 3.82. The Morgan fingerprint density at radius 2 is 1.61 bits per heavy atom. The molecule has 1 aliphatic heterocycles. The van der Waals surface area contributed by atoms with Gasteiger partial charge in [0, 0.05) is 5.69 Å². The number of anilines is 1. The van der Waals surface area contributed by atoms with E-state index in [2.05, 4.69) is 17.6 Å². The van der Waals surface area contributed by atoms with Crippen molar-refractivity contribution in [3.05, 3.63) is 64.7 Å². The molecule has 0 fully saturated rings. The summed E-state index contributed by atoms with van der Waals surface area (Å²) < 4.78 is 0. The van der Waals surface area contributed by atoms with E-state index in [0.717, 1.165) is 12.0 Å². The van der Waals surface area contributed by atoms with E-state index in [1.807, 2.05) is 24.3 Å². The van der Waals surface area contributed by atoms with Gasteiger partial charge in [-0.3, -0.25) is 19.7 Å². The van der Waals surface area contributed by atoms with Crippen LogP contribution in [0.25, 0.3) is 0 Å². The van der Waals surface area contributed by atoms with Gasteiger partial charge in [0.1, 0.15) is 0 Å². The van der Waals surface area contributed by atoms with E-state index in [-0.39, 0.29) is 12.3 Å². The summed E-state index contributed by atoms with van der Waals surface area (Å²) in [6, 6.07) is 12.6. The largest absolute Gasteiger partial charge is 0.326 e. The van der Waals surface area contributed by atoms with Crippen molar-refractivity contribution in [3.63, 3.8) is 0 Å². The lowest BCUT2D eigenvalue weighted by Gasteiger charge is -2.07. The highest BCUT2D eigenvalue weighted by Crippen LogP contribution is 2.20. The molecule has 1 aliphatic rings. The molecule has 2 aromatic rings. The van der Waals surface area contributed by atoms with Crippen molar-refractivity contribution in [2.24, 2.45) is 0 Å². The number of carbonyl (C=O) groups excluding carboxylic acids is 3. The van der Waals surface area contributed by atoms with E-state index in [1.165, 1.54) is 11.6 Å². The Hall–Kier alpha value is -2.95. The Kier molecular flexibility index (Phi) is 3.93. The van der Waals surface area contributed by atoms with E-state index in [4.69, 9.17) is 0 Å². The van der Waals surface area contributed by atoms with Crippen molar-refractivity contribution in [3.8, 4) is 0 Å². The molecule has 0 atom stereocenters. The molecule has 0 bridgehead atoms. The van der Waals surface area contributed by atoms with Crippen LogP contribution in [0.4, 0.5) is 5.69 Å². The Morgan fingerprint density at radius 3 is 2.30 bits per heavy atom. The molecule has 0 saturated heterocycles. The van der Waals surface area contributed by atoms with E-state index < -0.39 is 11.8 Å². The molecular weight excluding hydrogens is 292 g/mol. The van der Waals surface area contributed by atoms with Crippen LogP contribution in [0.5, 0.6) is 0 Å². The number of amides is 3. The lowest BCUT2D eigenvalue weighted by Crippen LogP contribution is -2.19. The topological polar surface area (TPSA) is 75.3 Å². The Labute approximate surface area is 133 Å². The fourth-order valence-corrected chi connectivity index (χ4v) is 2.53. The molecule has 0 aliphatic carbocycles. The fourth-order valence-electron chi connectivity index (χ4n) is 2.53. The molecule has 5 nitrogen and oxygen atoms in total. The Balaban J connectivity index is 1.69. The predicted octanol–water partition coefficient (Wildman–Crippen LogP) is 2.31. The molecule has 23 heavy (non-hydrogen) atoms. The minimum Gasteiger partial charge on any atom is -0.326 e. The van der Waals surface area contributed by atoms with Gasteiger partial charge >= 0.3 is 0 Å². The molecule has 5 heteroatoms. The van der Waals surface area contributed by atoms with Gasteiger partial charge in [0.2, 0.25) is 5.91 Å². The second-order valence-electron chi connectivity index (χ2n) is 5.44. The van der Waals surface area contributed by atoms with Crippen LogP contribution >= 0.6 is 0 Å². The number of hydrogen-bond donors (Lipinski definition) is 2. The van der Waals surface area contributed by atoms with Gasteiger partial charge in [-0.1, -0.05) is 31.2 Å². The molecule has 0 radical (unpaired) electrons. The van der Waals surface area contributed by atoms with Gasteiger partial charge < -0.3 is 5.32 Å². The van der Waals surface area contributed by atoms with E-state index in [0.29, 0.717) is 16.8 Å². The molecule has 0 spiro atoms. The SMILES string of the molecule is CCc1ccc(CC(=O)Nc2ccc3c(c2)C(=O)NC3=O)cc1. The zero-order valence-corrected chi connectivity index (χ0v) is 12.7. The molecule has 2 aromatic carbocycles. The number of hydrogen-bond acceptors (Lipinski definition) is 3. The summed E-state index contributed by atoms with van der Waals surface area (Å²) in [7, 11) is 0. The van der Waals surface area contributed by atoms with Gasteiger partial charge in [0.15, 0.2) is 0 Å². The zero-order chi connectivity index (χ0) is 16.4. The van der Waals surface area contributed by atoms with Gasteiger partial charge in [-0.25, -0.2) is 0 Å². The second kappa shape index (κ2) is 6.04. The zero-order valence-electron chi connectivity index (χ0n) is 12.7. The molecule has 3 rings (SSSR count). The average molecular weight is 308 g/mol. The normalized spacial score (nSPS) is 12.7. The van der Waals surface area contributed by atoms with Crippen molar-refractivity contribution >= 4 is 23.4 Å². The van der Waals surface area contributed by atoms with Crippen molar-refractivity contribution in [2.45, 2.75) is 19.8 Å². The van der Waals surface area contributed by atoms with Crippen LogP contribution in [-0.4, -0.2) is 17.7 Å².